The first-order valence-electron chi connectivity index (χ1n) is 4.32. The van der Waals surface area contributed by atoms with Gasteiger partial charge in [-0.1, -0.05) is 18.2 Å². The molecule has 0 fully saturated rings. The predicted octanol–water partition coefficient (Wildman–Crippen LogP) is 2.73. The minimum Gasteiger partial charge on any atom is -0.240 e. The minimum absolute atomic E-state index is 0.193. The van der Waals surface area contributed by atoms with E-state index in [0.717, 1.165) is 5.39 Å². The van der Waals surface area contributed by atoms with Crippen molar-refractivity contribution in [2.45, 2.75) is 12.6 Å². The molecule has 0 bridgehead atoms. The first-order valence-corrected chi connectivity index (χ1v) is 4.32. The van der Waals surface area contributed by atoms with Crippen molar-refractivity contribution in [3.8, 4) is 0 Å². The Morgan fingerprint density at radius 3 is 2.60 bits per heavy atom. The molecule has 5 heteroatoms. The normalized spacial score (nSPS) is 11.9. The van der Waals surface area contributed by atoms with Crippen LogP contribution in [0.3, 0.4) is 0 Å². The lowest BCUT2D eigenvalue weighted by atomic mass is 10.2. The Bertz CT molecular complexity index is 479. The molecule has 0 saturated carbocycles. The summed E-state index contributed by atoms with van der Waals surface area (Å²) >= 11 is 0. The summed E-state index contributed by atoms with van der Waals surface area (Å²) in [6.07, 6.45) is -3.94. The van der Waals surface area contributed by atoms with Crippen molar-refractivity contribution in [1.82, 2.24) is 9.97 Å². The quantitative estimate of drug-likeness (QED) is 0.726. The van der Waals surface area contributed by atoms with Gasteiger partial charge in [0, 0.05) is 11.6 Å². The van der Waals surface area contributed by atoms with Gasteiger partial charge in [-0.3, -0.25) is 0 Å². The summed E-state index contributed by atoms with van der Waals surface area (Å²) in [7, 11) is 0. The predicted molar refractivity (Wildman–Crippen MR) is 49.3 cm³/mol. The molecule has 0 aliphatic heterocycles. The molecule has 0 atom stereocenters. The molecule has 0 spiro atoms. The zero-order chi connectivity index (χ0) is 10.9. The lowest BCUT2D eigenvalue weighted by Crippen LogP contribution is -2.14. The average molecular weight is 212 g/mol. The molecule has 0 aliphatic carbocycles. The molecule has 1 aromatic carbocycles. The van der Waals surface area contributed by atoms with Gasteiger partial charge in [-0.2, -0.15) is 13.2 Å². The van der Waals surface area contributed by atoms with Crippen molar-refractivity contribution >= 4 is 10.9 Å². The first kappa shape index (κ1) is 9.89. The van der Waals surface area contributed by atoms with Crippen LogP contribution < -0.4 is 0 Å². The van der Waals surface area contributed by atoms with E-state index in [1.807, 2.05) is 0 Å². The number of halogens is 3. The number of para-hydroxylation sites is 1. The zero-order valence-electron chi connectivity index (χ0n) is 7.62. The molecule has 1 heterocycles. The fourth-order valence-electron chi connectivity index (χ4n) is 1.27. The third-order valence-electron chi connectivity index (χ3n) is 1.90. The van der Waals surface area contributed by atoms with Crippen LogP contribution >= 0.6 is 0 Å². The highest BCUT2D eigenvalue weighted by molar-refractivity contribution is 5.77. The summed E-state index contributed by atoms with van der Waals surface area (Å²) in [5.74, 6) is -0.193. The van der Waals surface area contributed by atoms with Gasteiger partial charge in [0.15, 0.2) is 0 Å². The number of alkyl halides is 3. The van der Waals surface area contributed by atoms with Crippen molar-refractivity contribution in [2.75, 3.05) is 0 Å². The molecule has 0 radical (unpaired) electrons. The zero-order valence-corrected chi connectivity index (χ0v) is 7.62. The summed E-state index contributed by atoms with van der Waals surface area (Å²) in [4.78, 5) is 7.49. The second-order valence-corrected chi connectivity index (χ2v) is 3.14. The Labute approximate surface area is 83.8 Å². The number of nitrogens with zero attached hydrogens (tertiary/aromatic N) is 2. The fraction of sp³-hybridized carbons (Fsp3) is 0.200. The Kier molecular flexibility index (Phi) is 2.30. The highest BCUT2D eigenvalue weighted by atomic mass is 19.4. The van der Waals surface area contributed by atoms with Gasteiger partial charge >= 0.3 is 6.18 Å². The van der Waals surface area contributed by atoms with Crippen LogP contribution in [0.15, 0.2) is 30.5 Å². The van der Waals surface area contributed by atoms with Crippen molar-refractivity contribution in [1.29, 1.82) is 0 Å². The first-order chi connectivity index (χ1) is 7.04. The minimum atomic E-state index is -4.26. The van der Waals surface area contributed by atoms with Crippen LogP contribution in [-0.2, 0) is 6.42 Å². The lowest BCUT2D eigenvalue weighted by Gasteiger charge is -2.05. The number of hydrogen-bond donors (Lipinski definition) is 0. The van der Waals surface area contributed by atoms with Crippen LogP contribution in [0.1, 0.15) is 5.82 Å². The Hall–Kier alpha value is -1.65. The van der Waals surface area contributed by atoms with Gasteiger partial charge in [-0.05, 0) is 6.07 Å². The average Bonchev–Trinajstić information content (AvgIpc) is 2.15. The van der Waals surface area contributed by atoms with Crippen molar-refractivity contribution < 1.29 is 13.2 Å². The summed E-state index contributed by atoms with van der Waals surface area (Å²) in [5.41, 5.74) is 0.534. The smallest absolute Gasteiger partial charge is 0.240 e. The van der Waals surface area contributed by atoms with Crippen LogP contribution in [0.25, 0.3) is 10.9 Å². The Balaban J connectivity index is 2.39. The van der Waals surface area contributed by atoms with Gasteiger partial charge in [-0.15, -0.1) is 0 Å². The van der Waals surface area contributed by atoms with E-state index in [1.54, 1.807) is 24.3 Å². The molecule has 0 aliphatic rings. The highest BCUT2D eigenvalue weighted by Crippen LogP contribution is 2.20. The van der Waals surface area contributed by atoms with E-state index < -0.39 is 12.6 Å². The summed E-state index contributed by atoms with van der Waals surface area (Å²) in [5, 5.41) is 0.739. The molecule has 2 rings (SSSR count). The maximum Gasteiger partial charge on any atom is 0.396 e. The second kappa shape index (κ2) is 3.49. The third-order valence-corrected chi connectivity index (χ3v) is 1.90. The molecule has 15 heavy (non-hydrogen) atoms. The molecular weight excluding hydrogens is 205 g/mol. The van der Waals surface area contributed by atoms with E-state index >= 15 is 0 Å². The van der Waals surface area contributed by atoms with E-state index in [2.05, 4.69) is 9.97 Å². The van der Waals surface area contributed by atoms with Crippen molar-refractivity contribution in [3.05, 3.63) is 36.3 Å². The molecule has 2 aromatic rings. The second-order valence-electron chi connectivity index (χ2n) is 3.14. The summed E-state index contributed by atoms with van der Waals surface area (Å²) in [6, 6.07) is 6.94. The van der Waals surface area contributed by atoms with E-state index in [9.17, 15) is 13.2 Å². The molecule has 2 nitrogen and oxygen atoms in total. The molecule has 0 saturated heterocycles. The van der Waals surface area contributed by atoms with E-state index in [-0.39, 0.29) is 5.82 Å². The highest BCUT2D eigenvalue weighted by Gasteiger charge is 2.29. The lowest BCUT2D eigenvalue weighted by molar-refractivity contribution is -0.128. The van der Waals surface area contributed by atoms with Gasteiger partial charge in [0.05, 0.1) is 5.52 Å². The molecule has 1 aromatic heterocycles. The molecule has 0 N–H and O–H groups in total. The SMILES string of the molecule is FC(F)(F)Cc1ncc2ccccc2n1. The van der Waals surface area contributed by atoms with Gasteiger partial charge < -0.3 is 0 Å². The number of rotatable bonds is 1. The van der Waals surface area contributed by atoms with Gasteiger partial charge in [0.2, 0.25) is 0 Å². The Morgan fingerprint density at radius 2 is 1.87 bits per heavy atom. The van der Waals surface area contributed by atoms with Crippen LogP contribution in [0.2, 0.25) is 0 Å². The number of benzene rings is 1. The summed E-state index contributed by atoms with van der Waals surface area (Å²) in [6.45, 7) is 0. The van der Waals surface area contributed by atoms with Crippen molar-refractivity contribution in [3.63, 3.8) is 0 Å². The van der Waals surface area contributed by atoms with E-state index in [1.165, 1.54) is 6.20 Å². The molecule has 0 amide bonds. The van der Waals surface area contributed by atoms with Crippen LogP contribution in [0.4, 0.5) is 13.2 Å². The molecule has 78 valence electrons. The monoisotopic (exact) mass is 212 g/mol. The fourth-order valence-corrected chi connectivity index (χ4v) is 1.27. The van der Waals surface area contributed by atoms with Crippen LogP contribution in [0.5, 0.6) is 0 Å². The topological polar surface area (TPSA) is 25.8 Å². The number of fused-ring (bicyclic) bond motifs is 1. The number of aromatic nitrogens is 2. The van der Waals surface area contributed by atoms with Gasteiger partial charge in [-0.25, -0.2) is 9.97 Å². The van der Waals surface area contributed by atoms with Gasteiger partial charge in [0.1, 0.15) is 12.2 Å². The van der Waals surface area contributed by atoms with E-state index in [0.29, 0.717) is 5.52 Å². The molecular formula is C10H7F3N2. The maximum absolute atomic E-state index is 12.1. The van der Waals surface area contributed by atoms with Crippen LogP contribution in [-0.4, -0.2) is 16.1 Å². The Morgan fingerprint density at radius 1 is 1.13 bits per heavy atom. The standard InChI is InChI=1S/C10H7F3N2/c11-10(12,13)5-9-14-6-7-3-1-2-4-8(7)15-9/h1-4,6H,5H2. The largest absolute Gasteiger partial charge is 0.396 e. The summed E-state index contributed by atoms with van der Waals surface area (Å²) < 4.78 is 36.2. The number of hydrogen-bond acceptors (Lipinski definition) is 2. The maximum atomic E-state index is 12.1. The third kappa shape index (κ3) is 2.43. The van der Waals surface area contributed by atoms with E-state index in [4.69, 9.17) is 0 Å². The van der Waals surface area contributed by atoms with Crippen molar-refractivity contribution in [2.24, 2.45) is 0 Å². The van der Waals surface area contributed by atoms with Crippen LogP contribution in [0, 0.1) is 0 Å². The molecule has 0 unspecified atom stereocenters. The van der Waals surface area contributed by atoms with Gasteiger partial charge in [0.25, 0.3) is 0 Å².